The van der Waals surface area contributed by atoms with Gasteiger partial charge in [-0.25, -0.2) is 4.98 Å². The van der Waals surface area contributed by atoms with Crippen LogP contribution in [0.2, 0.25) is 0 Å². The van der Waals surface area contributed by atoms with Crippen LogP contribution in [0.5, 0.6) is 5.75 Å². The van der Waals surface area contributed by atoms with E-state index in [-0.39, 0.29) is 12.5 Å². The molecule has 2 heterocycles. The highest BCUT2D eigenvalue weighted by Gasteiger charge is 2.16. The minimum absolute atomic E-state index is 0.0611. The molecule has 0 radical (unpaired) electrons. The molecule has 0 aliphatic carbocycles. The summed E-state index contributed by atoms with van der Waals surface area (Å²) in [6.45, 7) is 4.21. The van der Waals surface area contributed by atoms with Gasteiger partial charge < -0.3 is 15.4 Å². The summed E-state index contributed by atoms with van der Waals surface area (Å²) in [4.78, 5) is 15.9. The van der Waals surface area contributed by atoms with Crippen molar-refractivity contribution >= 4 is 23.1 Å². The molecule has 2 N–H and O–H groups in total. The maximum Gasteiger partial charge on any atom is 0.262 e. The molecule has 0 atom stereocenters. The standard InChI is InChI=1S/C21H19N3O2/c1-13-7-14(2)9-17(8-13)23-20-11-16(5-6-22-20)15-3-4-19-18(10-15)24-21(25)12-26-19/h3-11H,12H2,1-2H3,(H,22,23)(H,24,25). The molecule has 5 heteroatoms. The molecule has 1 aliphatic heterocycles. The van der Waals surface area contributed by atoms with Crippen molar-refractivity contribution in [2.45, 2.75) is 13.8 Å². The molecule has 0 fully saturated rings. The van der Waals surface area contributed by atoms with Crippen molar-refractivity contribution in [1.29, 1.82) is 0 Å². The summed E-state index contributed by atoms with van der Waals surface area (Å²) in [6.07, 6.45) is 1.77. The number of aryl methyl sites for hydroxylation is 2. The van der Waals surface area contributed by atoms with E-state index in [1.54, 1.807) is 6.20 Å². The molecule has 130 valence electrons. The largest absolute Gasteiger partial charge is 0.482 e. The fourth-order valence-corrected chi connectivity index (χ4v) is 3.14. The lowest BCUT2D eigenvalue weighted by Gasteiger charge is -2.18. The summed E-state index contributed by atoms with van der Waals surface area (Å²) in [5, 5.41) is 6.20. The molecule has 3 aromatic rings. The van der Waals surface area contributed by atoms with Crippen LogP contribution in [0.25, 0.3) is 11.1 Å². The van der Waals surface area contributed by atoms with E-state index in [0.29, 0.717) is 11.4 Å². The minimum atomic E-state index is -0.137. The number of amides is 1. The third kappa shape index (κ3) is 3.37. The summed E-state index contributed by atoms with van der Waals surface area (Å²) in [7, 11) is 0. The first-order valence-electron chi connectivity index (χ1n) is 8.45. The SMILES string of the molecule is Cc1cc(C)cc(Nc2cc(-c3ccc4c(c3)NC(=O)CO4)ccn2)c1. The van der Waals surface area contributed by atoms with Crippen LogP contribution < -0.4 is 15.4 Å². The third-order valence-electron chi connectivity index (χ3n) is 4.20. The van der Waals surface area contributed by atoms with Gasteiger partial charge in [-0.2, -0.15) is 0 Å². The Hall–Kier alpha value is -3.34. The smallest absolute Gasteiger partial charge is 0.262 e. The number of ether oxygens (including phenoxy) is 1. The lowest BCUT2D eigenvalue weighted by molar-refractivity contribution is -0.118. The van der Waals surface area contributed by atoms with Crippen molar-refractivity contribution in [3.05, 3.63) is 65.9 Å². The second kappa shape index (κ2) is 6.52. The molecule has 1 aromatic heterocycles. The van der Waals surface area contributed by atoms with Crippen LogP contribution in [0.3, 0.4) is 0 Å². The van der Waals surface area contributed by atoms with Crippen molar-refractivity contribution in [2.75, 3.05) is 17.2 Å². The van der Waals surface area contributed by atoms with Crippen LogP contribution in [-0.2, 0) is 4.79 Å². The molecular formula is C21H19N3O2. The highest BCUT2D eigenvalue weighted by Crippen LogP contribution is 2.33. The molecular weight excluding hydrogens is 326 g/mol. The van der Waals surface area contributed by atoms with Gasteiger partial charge in [0.15, 0.2) is 6.61 Å². The van der Waals surface area contributed by atoms with Crippen molar-refractivity contribution < 1.29 is 9.53 Å². The number of pyridine rings is 1. The Bertz CT molecular complexity index is 978. The molecule has 0 spiro atoms. The Morgan fingerprint density at radius 3 is 2.58 bits per heavy atom. The monoisotopic (exact) mass is 345 g/mol. The first kappa shape index (κ1) is 16.1. The van der Waals surface area contributed by atoms with E-state index >= 15 is 0 Å². The Kier molecular flexibility index (Phi) is 4.05. The summed E-state index contributed by atoms with van der Waals surface area (Å²) >= 11 is 0. The van der Waals surface area contributed by atoms with Gasteiger partial charge in [-0.1, -0.05) is 12.1 Å². The molecule has 0 saturated heterocycles. The van der Waals surface area contributed by atoms with Gasteiger partial charge in [0.05, 0.1) is 5.69 Å². The van der Waals surface area contributed by atoms with Gasteiger partial charge in [-0.15, -0.1) is 0 Å². The zero-order valence-corrected chi connectivity index (χ0v) is 14.7. The molecule has 0 unspecified atom stereocenters. The summed E-state index contributed by atoms with van der Waals surface area (Å²) in [5.41, 5.74) is 6.11. The lowest BCUT2D eigenvalue weighted by Crippen LogP contribution is -2.25. The van der Waals surface area contributed by atoms with Gasteiger partial charge in [-0.05, 0) is 72.5 Å². The van der Waals surface area contributed by atoms with Crippen LogP contribution in [-0.4, -0.2) is 17.5 Å². The number of benzene rings is 2. The summed E-state index contributed by atoms with van der Waals surface area (Å²) in [5.74, 6) is 1.32. The number of hydrogen-bond acceptors (Lipinski definition) is 4. The Morgan fingerprint density at radius 2 is 1.77 bits per heavy atom. The van der Waals surface area contributed by atoms with E-state index in [4.69, 9.17) is 4.74 Å². The highest BCUT2D eigenvalue weighted by molar-refractivity contribution is 5.96. The number of nitrogens with zero attached hydrogens (tertiary/aromatic N) is 1. The predicted octanol–water partition coefficient (Wildman–Crippen LogP) is 4.44. The number of fused-ring (bicyclic) bond motifs is 1. The Balaban J connectivity index is 1.63. The first-order valence-corrected chi connectivity index (χ1v) is 8.45. The summed E-state index contributed by atoms with van der Waals surface area (Å²) < 4.78 is 5.41. The number of anilines is 3. The van der Waals surface area contributed by atoms with E-state index in [1.807, 2.05) is 30.3 Å². The van der Waals surface area contributed by atoms with E-state index in [1.165, 1.54) is 11.1 Å². The average molecular weight is 345 g/mol. The van der Waals surface area contributed by atoms with Gasteiger partial charge in [0.1, 0.15) is 11.6 Å². The molecule has 1 aliphatic rings. The van der Waals surface area contributed by atoms with Gasteiger partial charge >= 0.3 is 0 Å². The maximum atomic E-state index is 11.5. The fourth-order valence-electron chi connectivity index (χ4n) is 3.14. The molecule has 1 amide bonds. The minimum Gasteiger partial charge on any atom is -0.482 e. The van der Waals surface area contributed by atoms with Crippen LogP contribution in [0, 0.1) is 13.8 Å². The van der Waals surface area contributed by atoms with Crippen LogP contribution >= 0.6 is 0 Å². The van der Waals surface area contributed by atoms with Crippen LogP contribution in [0.15, 0.2) is 54.7 Å². The van der Waals surface area contributed by atoms with Crippen LogP contribution in [0.4, 0.5) is 17.2 Å². The molecule has 0 bridgehead atoms. The third-order valence-corrected chi connectivity index (χ3v) is 4.20. The molecule has 4 rings (SSSR count). The zero-order chi connectivity index (χ0) is 18.1. The molecule has 0 saturated carbocycles. The summed E-state index contributed by atoms with van der Waals surface area (Å²) in [6, 6.07) is 16.0. The topological polar surface area (TPSA) is 63.2 Å². The number of carbonyl (C=O) groups is 1. The molecule has 26 heavy (non-hydrogen) atoms. The number of aromatic nitrogens is 1. The lowest BCUT2D eigenvalue weighted by atomic mass is 10.1. The van der Waals surface area contributed by atoms with Gasteiger partial charge in [0.2, 0.25) is 0 Å². The van der Waals surface area contributed by atoms with E-state index < -0.39 is 0 Å². The van der Waals surface area contributed by atoms with E-state index in [2.05, 4.69) is 47.7 Å². The molecule has 2 aromatic carbocycles. The predicted molar refractivity (Wildman–Crippen MR) is 103 cm³/mol. The number of nitrogens with one attached hydrogen (secondary N) is 2. The van der Waals surface area contributed by atoms with Gasteiger partial charge in [0.25, 0.3) is 5.91 Å². The zero-order valence-electron chi connectivity index (χ0n) is 14.7. The number of carbonyl (C=O) groups excluding carboxylic acids is 1. The second-order valence-corrected chi connectivity index (χ2v) is 6.48. The second-order valence-electron chi connectivity index (χ2n) is 6.48. The fraction of sp³-hybridized carbons (Fsp3) is 0.143. The number of rotatable bonds is 3. The van der Waals surface area contributed by atoms with Crippen molar-refractivity contribution in [3.63, 3.8) is 0 Å². The molecule has 5 nitrogen and oxygen atoms in total. The Labute approximate surface area is 152 Å². The van der Waals surface area contributed by atoms with Crippen molar-refractivity contribution in [3.8, 4) is 16.9 Å². The van der Waals surface area contributed by atoms with Gasteiger partial charge in [0, 0.05) is 11.9 Å². The average Bonchev–Trinajstić information content (AvgIpc) is 2.60. The maximum absolute atomic E-state index is 11.5. The van der Waals surface area contributed by atoms with E-state index in [9.17, 15) is 4.79 Å². The van der Waals surface area contributed by atoms with E-state index in [0.717, 1.165) is 22.6 Å². The van der Waals surface area contributed by atoms with Gasteiger partial charge in [-0.3, -0.25) is 4.79 Å². The first-order chi connectivity index (χ1) is 12.6. The van der Waals surface area contributed by atoms with Crippen molar-refractivity contribution in [2.24, 2.45) is 0 Å². The normalized spacial score (nSPS) is 12.8. The Morgan fingerprint density at radius 1 is 1.00 bits per heavy atom. The van der Waals surface area contributed by atoms with Crippen molar-refractivity contribution in [1.82, 2.24) is 4.98 Å². The van der Waals surface area contributed by atoms with Crippen LogP contribution in [0.1, 0.15) is 11.1 Å². The number of hydrogen-bond donors (Lipinski definition) is 2. The quantitative estimate of drug-likeness (QED) is 0.737. The highest BCUT2D eigenvalue weighted by atomic mass is 16.5.